The maximum Gasteiger partial charge on any atom is 0.586 e. The van der Waals surface area contributed by atoms with Gasteiger partial charge in [0.2, 0.25) is 0 Å². The van der Waals surface area contributed by atoms with Gasteiger partial charge in [-0.05, 0) is 12.1 Å². The predicted octanol–water partition coefficient (Wildman–Crippen LogP) is 2.46. The van der Waals surface area contributed by atoms with Gasteiger partial charge in [0, 0.05) is 6.07 Å². The molecule has 5 heteroatoms. The van der Waals surface area contributed by atoms with E-state index in [9.17, 15) is 8.78 Å². The number of hydrogen-bond acceptors (Lipinski definition) is 2. The fraction of sp³-hybridized carbons (Fsp3) is 0.143. The Balaban J connectivity index is 2.48. The maximum absolute atomic E-state index is 12.4. The molecule has 1 radical (unpaired) electrons. The molecule has 0 spiro atoms. The molecule has 1 aliphatic heterocycles. The van der Waals surface area contributed by atoms with Gasteiger partial charge < -0.3 is 9.47 Å². The van der Waals surface area contributed by atoms with Crippen LogP contribution in [0.1, 0.15) is 0 Å². The van der Waals surface area contributed by atoms with Crippen molar-refractivity contribution in [1.29, 1.82) is 0 Å². The molecule has 63 valence electrons. The number of rotatable bonds is 0. The average molecular weight is 192 g/mol. The zero-order valence-corrected chi connectivity index (χ0v) is 6.36. The van der Waals surface area contributed by atoms with Crippen molar-refractivity contribution in [1.82, 2.24) is 0 Å². The Bertz CT molecular complexity index is 327. The Kier molecular flexibility index (Phi) is 1.41. The van der Waals surface area contributed by atoms with Crippen molar-refractivity contribution in [2.75, 3.05) is 0 Å². The van der Waals surface area contributed by atoms with Crippen LogP contribution in [0, 0.1) is 6.07 Å². The number of fused-ring (bicyclic) bond motifs is 1. The normalized spacial score (nSPS) is 17.9. The molecule has 0 aliphatic carbocycles. The van der Waals surface area contributed by atoms with Crippen LogP contribution in [0.3, 0.4) is 0 Å². The monoisotopic (exact) mass is 191 g/mol. The molecule has 2 nitrogen and oxygen atoms in total. The highest BCUT2D eigenvalue weighted by molar-refractivity contribution is 6.32. The topological polar surface area (TPSA) is 18.5 Å². The number of ether oxygens (including phenoxy) is 2. The van der Waals surface area contributed by atoms with Gasteiger partial charge in [-0.1, -0.05) is 11.6 Å². The quantitative estimate of drug-likeness (QED) is 0.627. The van der Waals surface area contributed by atoms with Gasteiger partial charge in [0.05, 0.1) is 5.02 Å². The number of benzene rings is 1. The van der Waals surface area contributed by atoms with Crippen LogP contribution < -0.4 is 9.47 Å². The molecular weight excluding hydrogens is 190 g/mol. The van der Waals surface area contributed by atoms with E-state index >= 15 is 0 Å². The number of hydrogen-bond donors (Lipinski definition) is 0. The molecule has 2 rings (SSSR count). The van der Waals surface area contributed by atoms with Crippen molar-refractivity contribution in [2.24, 2.45) is 0 Å². The molecule has 0 saturated heterocycles. The molecule has 0 N–H and O–H groups in total. The molecule has 0 bridgehead atoms. The largest absolute Gasteiger partial charge is 0.586 e. The summed E-state index contributed by atoms with van der Waals surface area (Å²) in [6, 6.07) is 5.21. The third-order valence-electron chi connectivity index (χ3n) is 1.31. The van der Waals surface area contributed by atoms with Crippen molar-refractivity contribution in [3.05, 3.63) is 23.2 Å². The standard InChI is InChI=1S/C7H2ClF2O2/c8-4-2-1-3-5-6(4)12-7(9,10)11-5/h1-2H. The van der Waals surface area contributed by atoms with Crippen LogP contribution in [0.2, 0.25) is 5.02 Å². The Hall–Kier alpha value is -1.03. The summed E-state index contributed by atoms with van der Waals surface area (Å²) < 4.78 is 33.0. The van der Waals surface area contributed by atoms with Crippen LogP contribution in [-0.4, -0.2) is 6.29 Å². The van der Waals surface area contributed by atoms with Crippen molar-refractivity contribution < 1.29 is 18.3 Å². The highest BCUT2D eigenvalue weighted by Crippen LogP contribution is 2.44. The van der Waals surface area contributed by atoms with Crippen molar-refractivity contribution >= 4 is 11.6 Å². The molecule has 0 atom stereocenters. The fourth-order valence-corrected chi connectivity index (χ4v) is 1.06. The molecule has 0 amide bonds. The van der Waals surface area contributed by atoms with E-state index in [2.05, 4.69) is 15.5 Å². The summed E-state index contributed by atoms with van der Waals surface area (Å²) in [5.41, 5.74) is 0. The smallest absolute Gasteiger partial charge is 0.395 e. The Morgan fingerprint density at radius 1 is 1.42 bits per heavy atom. The van der Waals surface area contributed by atoms with E-state index in [1.807, 2.05) is 0 Å². The van der Waals surface area contributed by atoms with Crippen LogP contribution in [0.5, 0.6) is 11.5 Å². The summed E-state index contributed by atoms with van der Waals surface area (Å²) in [6.45, 7) is 0. The minimum atomic E-state index is -3.62. The summed E-state index contributed by atoms with van der Waals surface area (Å²) in [7, 11) is 0. The average Bonchev–Trinajstić information content (AvgIpc) is 2.25. The van der Waals surface area contributed by atoms with Gasteiger partial charge in [-0.2, -0.15) is 0 Å². The molecule has 0 fully saturated rings. The first-order valence-electron chi connectivity index (χ1n) is 3.04. The second-order valence-electron chi connectivity index (χ2n) is 2.15. The Labute approximate surface area is 71.7 Å². The van der Waals surface area contributed by atoms with Gasteiger partial charge in [0.25, 0.3) is 0 Å². The predicted molar refractivity (Wildman–Crippen MR) is 36.5 cm³/mol. The third kappa shape index (κ3) is 1.08. The molecule has 0 unspecified atom stereocenters. The molecule has 0 aromatic heterocycles. The summed E-state index contributed by atoms with van der Waals surface area (Å²) in [6.07, 6.45) is -3.62. The zero-order valence-electron chi connectivity index (χ0n) is 5.61. The molecule has 0 saturated carbocycles. The molecule has 1 aliphatic rings. The lowest BCUT2D eigenvalue weighted by Gasteiger charge is -2.04. The minimum Gasteiger partial charge on any atom is -0.395 e. The van der Waals surface area contributed by atoms with Crippen molar-refractivity contribution in [2.45, 2.75) is 6.29 Å². The maximum atomic E-state index is 12.4. The summed E-state index contributed by atoms with van der Waals surface area (Å²) in [4.78, 5) is 0. The minimum absolute atomic E-state index is 0.0842. The second-order valence-corrected chi connectivity index (χ2v) is 2.56. The lowest BCUT2D eigenvalue weighted by molar-refractivity contribution is -0.286. The highest BCUT2D eigenvalue weighted by atomic mass is 35.5. The van der Waals surface area contributed by atoms with Crippen molar-refractivity contribution in [3.8, 4) is 11.5 Å². The Morgan fingerprint density at radius 2 is 2.17 bits per heavy atom. The SMILES string of the molecule is FC1(F)Oc2[c]ccc(Cl)c2O1. The van der Waals surface area contributed by atoms with Crippen LogP contribution in [0.25, 0.3) is 0 Å². The van der Waals surface area contributed by atoms with Crippen LogP contribution in [0.15, 0.2) is 12.1 Å². The van der Waals surface area contributed by atoms with E-state index < -0.39 is 6.29 Å². The lowest BCUT2D eigenvalue weighted by Crippen LogP contribution is -2.26. The van der Waals surface area contributed by atoms with Gasteiger partial charge in [0.1, 0.15) is 0 Å². The van der Waals surface area contributed by atoms with E-state index in [0.29, 0.717) is 0 Å². The van der Waals surface area contributed by atoms with Crippen molar-refractivity contribution in [3.63, 3.8) is 0 Å². The van der Waals surface area contributed by atoms with Crippen LogP contribution >= 0.6 is 11.6 Å². The highest BCUT2D eigenvalue weighted by Gasteiger charge is 2.44. The first-order valence-corrected chi connectivity index (χ1v) is 3.42. The van der Waals surface area contributed by atoms with E-state index in [4.69, 9.17) is 11.6 Å². The zero-order chi connectivity index (χ0) is 8.77. The third-order valence-corrected chi connectivity index (χ3v) is 1.61. The van der Waals surface area contributed by atoms with E-state index in [0.717, 1.165) is 0 Å². The first kappa shape index (κ1) is 7.61. The number of alkyl halides is 2. The molecule has 1 heterocycles. The molecule has 12 heavy (non-hydrogen) atoms. The molecule has 1 aromatic rings. The first-order chi connectivity index (χ1) is 5.58. The molecular formula is C7H2ClF2O2. The van der Waals surface area contributed by atoms with E-state index in [1.54, 1.807) is 0 Å². The van der Waals surface area contributed by atoms with Gasteiger partial charge in [0.15, 0.2) is 11.5 Å². The van der Waals surface area contributed by atoms with Gasteiger partial charge >= 0.3 is 6.29 Å². The van der Waals surface area contributed by atoms with E-state index in [-0.39, 0.29) is 16.5 Å². The van der Waals surface area contributed by atoms with Crippen LogP contribution in [-0.2, 0) is 0 Å². The van der Waals surface area contributed by atoms with Crippen LogP contribution in [0.4, 0.5) is 8.78 Å². The summed E-state index contributed by atoms with van der Waals surface area (Å²) in [5, 5.41) is 0.0842. The van der Waals surface area contributed by atoms with Gasteiger partial charge in [-0.25, -0.2) is 0 Å². The fourth-order valence-electron chi connectivity index (χ4n) is 0.870. The summed E-state index contributed by atoms with van der Waals surface area (Å²) in [5.74, 6) is -0.323. The molecule has 1 aromatic carbocycles. The van der Waals surface area contributed by atoms with Gasteiger partial charge in [-0.3, -0.25) is 0 Å². The van der Waals surface area contributed by atoms with E-state index in [1.165, 1.54) is 12.1 Å². The lowest BCUT2D eigenvalue weighted by atomic mass is 10.3. The summed E-state index contributed by atoms with van der Waals surface area (Å²) >= 11 is 5.54. The number of halogens is 3. The second kappa shape index (κ2) is 2.23. The Morgan fingerprint density at radius 3 is 2.83 bits per heavy atom. The van der Waals surface area contributed by atoms with Gasteiger partial charge in [-0.15, -0.1) is 8.78 Å².